The maximum absolute atomic E-state index is 11.8. The summed E-state index contributed by atoms with van der Waals surface area (Å²) >= 11 is 0. The van der Waals surface area contributed by atoms with Crippen LogP contribution in [-0.2, 0) is 14.8 Å². The number of aliphatic hydroxyl groups excluding tert-OH is 1. The number of hydrogen-bond acceptors (Lipinski definition) is 5. The van der Waals surface area contributed by atoms with E-state index in [4.69, 9.17) is 5.11 Å². The van der Waals surface area contributed by atoms with Gasteiger partial charge in [0.1, 0.15) is 0 Å². The smallest absolute Gasteiger partial charge is 0.320 e. The van der Waals surface area contributed by atoms with E-state index in [1.807, 2.05) is 4.90 Å². The number of hydrogen-bond donors (Lipinski definition) is 2. The number of aliphatic carboxylic acids is 1. The minimum atomic E-state index is -3.84. The van der Waals surface area contributed by atoms with E-state index >= 15 is 0 Å². The Morgan fingerprint density at radius 2 is 2.06 bits per heavy atom. The molecule has 1 heterocycles. The highest BCUT2D eigenvalue weighted by atomic mass is 32.2. The molecule has 1 saturated heterocycles. The monoisotopic (exact) mass is 266 g/mol. The molecule has 0 aromatic carbocycles. The first-order valence-electron chi connectivity index (χ1n) is 5.26. The lowest BCUT2D eigenvalue weighted by atomic mass is 10.2. The van der Waals surface area contributed by atoms with Gasteiger partial charge in [0.15, 0.2) is 5.75 Å². The van der Waals surface area contributed by atoms with Gasteiger partial charge in [-0.2, -0.15) is 4.31 Å². The summed E-state index contributed by atoms with van der Waals surface area (Å²) in [6, 6.07) is -0.357. The molecule has 0 radical (unpaired) electrons. The van der Waals surface area contributed by atoms with E-state index in [-0.39, 0.29) is 12.6 Å². The van der Waals surface area contributed by atoms with Crippen molar-refractivity contribution in [3.63, 3.8) is 0 Å². The summed E-state index contributed by atoms with van der Waals surface area (Å²) in [7, 11) is -0.243. The third-order valence-corrected chi connectivity index (χ3v) is 4.35. The lowest BCUT2D eigenvalue weighted by molar-refractivity contribution is -0.134. The van der Waals surface area contributed by atoms with Crippen LogP contribution in [0.3, 0.4) is 0 Å². The molecule has 100 valence electrons. The Hall–Kier alpha value is -0.700. The van der Waals surface area contributed by atoms with Crippen LogP contribution in [0.25, 0.3) is 0 Å². The summed E-state index contributed by atoms with van der Waals surface area (Å²) in [4.78, 5) is 12.3. The zero-order chi connectivity index (χ0) is 13.2. The molecule has 1 rings (SSSR count). The molecule has 0 saturated carbocycles. The average Bonchev–Trinajstić information content (AvgIpc) is 2.43. The van der Waals surface area contributed by atoms with E-state index in [9.17, 15) is 18.3 Å². The fourth-order valence-corrected chi connectivity index (χ4v) is 3.51. The van der Waals surface area contributed by atoms with Crippen LogP contribution >= 0.6 is 0 Å². The summed E-state index contributed by atoms with van der Waals surface area (Å²) < 4.78 is 24.7. The standard InChI is InChI=1S/C9H18N2O5S/c1-10(2)4-7-3-8(12)5-11(7)17(15,16)6-9(13)14/h7-8,12H,3-6H2,1-2H3,(H,13,14). The fraction of sp³-hybridized carbons (Fsp3) is 0.889. The van der Waals surface area contributed by atoms with Crippen LogP contribution in [0.15, 0.2) is 0 Å². The zero-order valence-corrected chi connectivity index (χ0v) is 10.7. The lowest BCUT2D eigenvalue weighted by Gasteiger charge is -2.25. The summed E-state index contributed by atoms with van der Waals surface area (Å²) in [6.07, 6.45) is -0.375. The highest BCUT2D eigenvalue weighted by Crippen LogP contribution is 2.22. The predicted molar refractivity (Wildman–Crippen MR) is 61.1 cm³/mol. The Bertz CT molecular complexity index is 381. The summed E-state index contributed by atoms with van der Waals surface area (Å²) in [5.74, 6) is -2.31. The molecule has 1 fully saturated rings. The Morgan fingerprint density at radius 1 is 1.47 bits per heavy atom. The Labute approximate surface area is 101 Å². The summed E-state index contributed by atoms with van der Waals surface area (Å²) in [5, 5.41) is 18.1. The van der Waals surface area contributed by atoms with Crippen LogP contribution < -0.4 is 0 Å². The molecule has 0 aromatic heterocycles. The van der Waals surface area contributed by atoms with Crippen molar-refractivity contribution in [3.05, 3.63) is 0 Å². The second kappa shape index (κ2) is 5.30. The zero-order valence-electron chi connectivity index (χ0n) is 9.90. The topological polar surface area (TPSA) is 98.2 Å². The van der Waals surface area contributed by atoms with Gasteiger partial charge >= 0.3 is 5.97 Å². The molecule has 2 unspecified atom stereocenters. The molecule has 8 heteroatoms. The minimum Gasteiger partial charge on any atom is -0.480 e. The van der Waals surface area contributed by atoms with Gasteiger partial charge in [-0.05, 0) is 20.5 Å². The van der Waals surface area contributed by atoms with E-state index in [2.05, 4.69) is 0 Å². The maximum atomic E-state index is 11.8. The van der Waals surface area contributed by atoms with Gasteiger partial charge in [0.25, 0.3) is 0 Å². The fourth-order valence-electron chi connectivity index (χ4n) is 2.03. The van der Waals surface area contributed by atoms with Gasteiger partial charge in [-0.3, -0.25) is 4.79 Å². The van der Waals surface area contributed by atoms with E-state index in [0.717, 1.165) is 4.31 Å². The Balaban J connectivity index is 2.83. The average molecular weight is 266 g/mol. The molecule has 1 aliphatic rings. The number of carboxylic acids is 1. The van der Waals surface area contributed by atoms with Crippen LogP contribution in [0.5, 0.6) is 0 Å². The number of β-amino-alcohol motifs (C(OH)–C–C–N with tert-alkyl or cyclic N) is 1. The quantitative estimate of drug-likeness (QED) is 0.622. The molecule has 0 aromatic rings. The van der Waals surface area contributed by atoms with Crippen molar-refractivity contribution in [1.29, 1.82) is 0 Å². The van der Waals surface area contributed by atoms with Crippen LogP contribution in [0.2, 0.25) is 0 Å². The number of sulfonamides is 1. The van der Waals surface area contributed by atoms with Crippen molar-refractivity contribution in [2.24, 2.45) is 0 Å². The largest absolute Gasteiger partial charge is 0.480 e. The molecule has 1 aliphatic heterocycles. The lowest BCUT2D eigenvalue weighted by Crippen LogP contribution is -2.43. The van der Waals surface area contributed by atoms with Gasteiger partial charge in [0.2, 0.25) is 10.0 Å². The second-order valence-electron chi connectivity index (χ2n) is 4.53. The Morgan fingerprint density at radius 3 is 2.53 bits per heavy atom. The molecule has 0 amide bonds. The SMILES string of the molecule is CN(C)CC1CC(O)CN1S(=O)(=O)CC(=O)O. The third kappa shape index (κ3) is 3.91. The van der Waals surface area contributed by atoms with E-state index in [1.54, 1.807) is 14.1 Å². The number of aliphatic hydroxyl groups is 1. The van der Waals surface area contributed by atoms with Crippen molar-refractivity contribution in [1.82, 2.24) is 9.21 Å². The number of likely N-dealkylation sites (N-methyl/N-ethyl adjacent to an activating group) is 1. The molecular weight excluding hydrogens is 248 g/mol. The molecular formula is C9H18N2O5S. The van der Waals surface area contributed by atoms with Crippen molar-refractivity contribution in [2.45, 2.75) is 18.6 Å². The number of carboxylic acid groups (broad SMARTS) is 1. The first-order valence-corrected chi connectivity index (χ1v) is 6.87. The van der Waals surface area contributed by atoms with E-state index < -0.39 is 27.8 Å². The molecule has 2 N–H and O–H groups in total. The van der Waals surface area contributed by atoms with Gasteiger partial charge in [0.05, 0.1) is 6.10 Å². The minimum absolute atomic E-state index is 0.0197. The van der Waals surface area contributed by atoms with Crippen molar-refractivity contribution in [3.8, 4) is 0 Å². The maximum Gasteiger partial charge on any atom is 0.320 e. The molecule has 2 atom stereocenters. The van der Waals surface area contributed by atoms with Crippen molar-refractivity contribution in [2.75, 3.05) is 32.9 Å². The van der Waals surface area contributed by atoms with Crippen molar-refractivity contribution < 1.29 is 23.4 Å². The number of nitrogens with zero attached hydrogens (tertiary/aromatic N) is 2. The van der Waals surface area contributed by atoms with Gasteiger partial charge in [-0.15, -0.1) is 0 Å². The van der Waals surface area contributed by atoms with Gasteiger partial charge in [-0.1, -0.05) is 0 Å². The molecule has 17 heavy (non-hydrogen) atoms. The molecule has 0 bridgehead atoms. The number of rotatable bonds is 5. The highest BCUT2D eigenvalue weighted by molar-refractivity contribution is 7.89. The third-order valence-electron chi connectivity index (χ3n) is 2.58. The van der Waals surface area contributed by atoms with Crippen LogP contribution in [0.1, 0.15) is 6.42 Å². The van der Waals surface area contributed by atoms with E-state index in [0.29, 0.717) is 13.0 Å². The number of carbonyl (C=O) groups is 1. The first kappa shape index (κ1) is 14.4. The normalized spacial score (nSPS) is 26.6. The predicted octanol–water partition coefficient (Wildman–Crippen LogP) is -1.60. The van der Waals surface area contributed by atoms with Crippen LogP contribution in [0, 0.1) is 0 Å². The summed E-state index contributed by atoms with van der Waals surface area (Å²) in [5.41, 5.74) is 0. The van der Waals surface area contributed by atoms with Gasteiger partial charge < -0.3 is 15.1 Å². The van der Waals surface area contributed by atoms with Crippen LogP contribution in [-0.4, -0.2) is 78.9 Å². The first-order chi connectivity index (χ1) is 7.72. The van der Waals surface area contributed by atoms with E-state index in [1.165, 1.54) is 0 Å². The van der Waals surface area contributed by atoms with Crippen molar-refractivity contribution >= 4 is 16.0 Å². The molecule has 0 spiro atoms. The molecule has 0 aliphatic carbocycles. The Kier molecular flexibility index (Phi) is 4.48. The summed E-state index contributed by atoms with van der Waals surface area (Å²) in [6.45, 7) is 0.448. The highest BCUT2D eigenvalue weighted by Gasteiger charge is 2.39. The van der Waals surface area contributed by atoms with Crippen LogP contribution in [0.4, 0.5) is 0 Å². The van der Waals surface area contributed by atoms with Gasteiger partial charge in [-0.25, -0.2) is 8.42 Å². The molecule has 7 nitrogen and oxygen atoms in total. The second-order valence-corrected chi connectivity index (χ2v) is 6.45. The van der Waals surface area contributed by atoms with Gasteiger partial charge in [0, 0.05) is 19.1 Å².